The second kappa shape index (κ2) is 9.18. The monoisotopic (exact) mass is 350 g/mol. The van der Waals surface area contributed by atoms with Crippen molar-refractivity contribution >= 4 is 46.1 Å². The van der Waals surface area contributed by atoms with Crippen LogP contribution in [0.4, 0.5) is 5.69 Å². The first kappa shape index (κ1) is 17.3. The van der Waals surface area contributed by atoms with E-state index in [0.717, 1.165) is 23.7 Å². The van der Waals surface area contributed by atoms with Gasteiger partial charge in [-0.05, 0) is 58.2 Å². The van der Waals surface area contributed by atoms with Crippen molar-refractivity contribution in [3.63, 3.8) is 0 Å². The van der Waals surface area contributed by atoms with Crippen LogP contribution in [0.15, 0.2) is 41.1 Å². The van der Waals surface area contributed by atoms with Crippen molar-refractivity contribution in [2.24, 2.45) is 0 Å². The predicted molar refractivity (Wildman–Crippen MR) is 105 cm³/mol. The SMILES string of the molecule is CC(C)c1ccc(NC(=S)NCCSCc2ccsc2)cc1. The Bertz CT molecular complexity index is 562. The number of rotatable bonds is 7. The van der Waals surface area contributed by atoms with Gasteiger partial charge in [-0.1, -0.05) is 26.0 Å². The van der Waals surface area contributed by atoms with Gasteiger partial charge >= 0.3 is 0 Å². The zero-order valence-electron chi connectivity index (χ0n) is 13.0. The third kappa shape index (κ3) is 5.99. The number of thiophene rings is 1. The fraction of sp³-hybridized carbons (Fsp3) is 0.353. The Hall–Kier alpha value is -1.04. The molecule has 2 rings (SSSR count). The summed E-state index contributed by atoms with van der Waals surface area (Å²) in [7, 11) is 0. The highest BCUT2D eigenvalue weighted by atomic mass is 32.2. The predicted octanol–water partition coefficient (Wildman–Crippen LogP) is 5.09. The van der Waals surface area contributed by atoms with Crippen LogP contribution >= 0.6 is 35.3 Å². The van der Waals surface area contributed by atoms with E-state index in [2.05, 4.69) is 65.6 Å². The molecule has 0 aliphatic rings. The number of hydrogen-bond donors (Lipinski definition) is 2. The average Bonchev–Trinajstić information content (AvgIpc) is 3.00. The zero-order valence-corrected chi connectivity index (χ0v) is 15.4. The number of nitrogens with one attached hydrogen (secondary N) is 2. The van der Waals surface area contributed by atoms with Gasteiger partial charge in [-0.15, -0.1) is 0 Å². The molecule has 1 heterocycles. The van der Waals surface area contributed by atoms with Crippen LogP contribution in [0.1, 0.15) is 30.9 Å². The van der Waals surface area contributed by atoms with Crippen molar-refractivity contribution in [2.45, 2.75) is 25.5 Å². The average molecular weight is 351 g/mol. The third-order valence-electron chi connectivity index (χ3n) is 3.22. The molecular weight excluding hydrogens is 328 g/mol. The van der Waals surface area contributed by atoms with Gasteiger partial charge in [0.1, 0.15) is 0 Å². The van der Waals surface area contributed by atoms with Gasteiger partial charge in [-0.2, -0.15) is 23.1 Å². The molecule has 0 unspecified atom stereocenters. The molecule has 0 radical (unpaired) electrons. The summed E-state index contributed by atoms with van der Waals surface area (Å²) >= 11 is 8.99. The molecule has 2 N–H and O–H groups in total. The normalized spacial score (nSPS) is 10.7. The van der Waals surface area contributed by atoms with Gasteiger partial charge in [0.2, 0.25) is 0 Å². The minimum Gasteiger partial charge on any atom is -0.362 e. The van der Waals surface area contributed by atoms with Gasteiger partial charge in [0, 0.05) is 23.7 Å². The van der Waals surface area contributed by atoms with Crippen LogP contribution in [-0.2, 0) is 5.75 Å². The molecule has 118 valence electrons. The fourth-order valence-electron chi connectivity index (χ4n) is 1.93. The maximum Gasteiger partial charge on any atom is 0.170 e. The summed E-state index contributed by atoms with van der Waals surface area (Å²) in [6, 6.07) is 10.6. The molecular formula is C17H22N2S3. The van der Waals surface area contributed by atoms with Crippen LogP contribution in [-0.4, -0.2) is 17.4 Å². The molecule has 0 saturated carbocycles. The van der Waals surface area contributed by atoms with Gasteiger partial charge in [-0.25, -0.2) is 0 Å². The summed E-state index contributed by atoms with van der Waals surface area (Å²) in [5.74, 6) is 2.67. The summed E-state index contributed by atoms with van der Waals surface area (Å²) in [6.45, 7) is 5.27. The molecule has 0 bridgehead atoms. The second-order valence-corrected chi connectivity index (χ2v) is 7.64. The lowest BCUT2D eigenvalue weighted by molar-refractivity contribution is 0.867. The molecule has 22 heavy (non-hydrogen) atoms. The lowest BCUT2D eigenvalue weighted by Crippen LogP contribution is -2.30. The first-order valence-electron chi connectivity index (χ1n) is 7.39. The summed E-state index contributed by atoms with van der Waals surface area (Å²) in [4.78, 5) is 0. The molecule has 0 amide bonds. The third-order valence-corrected chi connectivity index (χ3v) is 5.22. The highest BCUT2D eigenvalue weighted by molar-refractivity contribution is 7.98. The van der Waals surface area contributed by atoms with Crippen LogP contribution in [0.5, 0.6) is 0 Å². The Morgan fingerprint density at radius 2 is 2.00 bits per heavy atom. The van der Waals surface area contributed by atoms with Crippen LogP contribution < -0.4 is 10.6 Å². The lowest BCUT2D eigenvalue weighted by Gasteiger charge is -2.11. The van der Waals surface area contributed by atoms with Crippen molar-refractivity contribution in [1.82, 2.24) is 5.32 Å². The van der Waals surface area contributed by atoms with E-state index >= 15 is 0 Å². The van der Waals surface area contributed by atoms with E-state index in [1.165, 1.54) is 11.1 Å². The van der Waals surface area contributed by atoms with Crippen molar-refractivity contribution in [3.8, 4) is 0 Å². The van der Waals surface area contributed by atoms with E-state index in [9.17, 15) is 0 Å². The van der Waals surface area contributed by atoms with Gasteiger partial charge < -0.3 is 10.6 Å². The summed E-state index contributed by atoms with van der Waals surface area (Å²) in [5, 5.41) is 11.5. The molecule has 0 saturated heterocycles. The molecule has 1 aromatic carbocycles. The molecule has 1 aromatic heterocycles. The van der Waals surface area contributed by atoms with Gasteiger partial charge in [0.15, 0.2) is 5.11 Å². The van der Waals surface area contributed by atoms with Crippen LogP contribution in [0.3, 0.4) is 0 Å². The fourth-order valence-corrected chi connectivity index (χ4v) is 3.73. The van der Waals surface area contributed by atoms with Crippen LogP contribution in [0.2, 0.25) is 0 Å². The van der Waals surface area contributed by atoms with Crippen molar-refractivity contribution in [2.75, 3.05) is 17.6 Å². The highest BCUT2D eigenvalue weighted by Crippen LogP contribution is 2.17. The summed E-state index contributed by atoms with van der Waals surface area (Å²) < 4.78 is 0. The van der Waals surface area contributed by atoms with Gasteiger partial charge in [0.25, 0.3) is 0 Å². The van der Waals surface area contributed by atoms with E-state index in [-0.39, 0.29) is 0 Å². The number of benzene rings is 1. The smallest absolute Gasteiger partial charge is 0.170 e. The highest BCUT2D eigenvalue weighted by Gasteiger charge is 2.01. The van der Waals surface area contributed by atoms with E-state index in [1.54, 1.807) is 11.3 Å². The molecule has 0 atom stereocenters. The molecule has 5 heteroatoms. The topological polar surface area (TPSA) is 24.1 Å². The first-order valence-corrected chi connectivity index (χ1v) is 9.89. The number of thioether (sulfide) groups is 1. The minimum atomic E-state index is 0.555. The summed E-state index contributed by atoms with van der Waals surface area (Å²) in [5.41, 5.74) is 3.78. The standard InChI is InChI=1S/C17H22N2S3/c1-13(2)15-3-5-16(6-4-15)19-17(20)18-8-10-22-12-14-7-9-21-11-14/h3-7,9,11,13H,8,10,12H2,1-2H3,(H2,18,19,20). The van der Waals surface area contributed by atoms with E-state index < -0.39 is 0 Å². The first-order chi connectivity index (χ1) is 10.6. The molecule has 0 aliphatic carbocycles. The Balaban J connectivity index is 1.63. The largest absolute Gasteiger partial charge is 0.362 e. The Labute approximate surface area is 146 Å². The number of thiocarbonyl (C=S) groups is 1. The summed E-state index contributed by atoms with van der Waals surface area (Å²) in [6.07, 6.45) is 0. The minimum absolute atomic E-state index is 0.555. The lowest BCUT2D eigenvalue weighted by atomic mass is 10.0. The van der Waals surface area contributed by atoms with E-state index in [4.69, 9.17) is 12.2 Å². The second-order valence-electron chi connectivity index (χ2n) is 5.34. The van der Waals surface area contributed by atoms with Crippen molar-refractivity contribution < 1.29 is 0 Å². The quantitative estimate of drug-likeness (QED) is 0.536. The Kier molecular flexibility index (Phi) is 7.22. The van der Waals surface area contributed by atoms with Crippen molar-refractivity contribution in [3.05, 3.63) is 52.2 Å². The van der Waals surface area contributed by atoms with Crippen LogP contribution in [0, 0.1) is 0 Å². The molecule has 2 aromatic rings. The maximum atomic E-state index is 5.32. The number of anilines is 1. The van der Waals surface area contributed by atoms with E-state index in [0.29, 0.717) is 11.0 Å². The molecule has 0 spiro atoms. The van der Waals surface area contributed by atoms with Gasteiger partial charge in [-0.3, -0.25) is 0 Å². The molecule has 0 aliphatic heterocycles. The van der Waals surface area contributed by atoms with Gasteiger partial charge in [0.05, 0.1) is 0 Å². The zero-order chi connectivity index (χ0) is 15.8. The Morgan fingerprint density at radius 1 is 1.23 bits per heavy atom. The van der Waals surface area contributed by atoms with E-state index in [1.807, 2.05) is 11.8 Å². The molecule has 2 nitrogen and oxygen atoms in total. The maximum absolute atomic E-state index is 5.32. The van der Waals surface area contributed by atoms with Crippen molar-refractivity contribution in [1.29, 1.82) is 0 Å². The Morgan fingerprint density at radius 3 is 2.64 bits per heavy atom. The number of hydrogen-bond acceptors (Lipinski definition) is 3. The molecule has 0 fully saturated rings. The van der Waals surface area contributed by atoms with Crippen LogP contribution in [0.25, 0.3) is 0 Å².